The third-order valence-electron chi connectivity index (χ3n) is 6.01. The second-order valence-corrected chi connectivity index (χ2v) is 8.41. The molecule has 1 aromatic heterocycles. The minimum Gasteiger partial charge on any atom is -0.379 e. The number of aromatic nitrogens is 1. The van der Waals surface area contributed by atoms with Gasteiger partial charge in [-0.2, -0.15) is 5.26 Å². The van der Waals surface area contributed by atoms with Crippen LogP contribution < -0.4 is 10.6 Å². The molecule has 1 aliphatic carbocycles. The van der Waals surface area contributed by atoms with Gasteiger partial charge >= 0.3 is 0 Å². The molecule has 33 heavy (non-hydrogen) atoms. The maximum Gasteiger partial charge on any atom is 0.268 e. The van der Waals surface area contributed by atoms with E-state index in [4.69, 9.17) is 0 Å². The largest absolute Gasteiger partial charge is 0.379 e. The van der Waals surface area contributed by atoms with Crippen molar-refractivity contribution in [2.45, 2.75) is 37.3 Å². The Balaban J connectivity index is 1.41. The number of hydrogen-bond acceptors (Lipinski definition) is 5. The molecular formula is C23H22F3N5O2. The molecule has 7 nitrogen and oxygen atoms in total. The predicted molar refractivity (Wildman–Crippen MR) is 113 cm³/mol. The summed E-state index contributed by atoms with van der Waals surface area (Å²) in [6.45, 7) is -1.03. The van der Waals surface area contributed by atoms with E-state index in [9.17, 15) is 28.0 Å². The number of carbonyl (C=O) groups excluding carboxylic acids is 2. The quantitative estimate of drug-likeness (QED) is 0.666. The van der Waals surface area contributed by atoms with Crippen LogP contribution >= 0.6 is 0 Å². The number of likely N-dealkylation sites (tertiary alicyclic amines) is 1. The minimum atomic E-state index is -3.14. The van der Waals surface area contributed by atoms with E-state index in [2.05, 4.69) is 15.6 Å². The zero-order valence-electron chi connectivity index (χ0n) is 17.7. The fraction of sp³-hybridized carbons (Fsp3) is 0.391. The van der Waals surface area contributed by atoms with Crippen LogP contribution in [0.25, 0.3) is 0 Å². The van der Waals surface area contributed by atoms with Gasteiger partial charge in [0.2, 0.25) is 5.91 Å². The van der Waals surface area contributed by atoms with Gasteiger partial charge in [-0.3, -0.25) is 14.6 Å². The number of pyridine rings is 1. The molecule has 1 aromatic carbocycles. The third-order valence-corrected chi connectivity index (χ3v) is 6.01. The first-order valence-corrected chi connectivity index (χ1v) is 10.5. The van der Waals surface area contributed by atoms with E-state index in [0.29, 0.717) is 25.1 Å². The van der Waals surface area contributed by atoms with Gasteiger partial charge in [0.25, 0.3) is 11.8 Å². The molecule has 1 saturated carbocycles. The smallest absolute Gasteiger partial charge is 0.268 e. The summed E-state index contributed by atoms with van der Waals surface area (Å²) in [5.74, 6) is -5.07. The zero-order valence-corrected chi connectivity index (χ0v) is 17.7. The molecule has 2 aromatic rings. The van der Waals surface area contributed by atoms with E-state index in [1.807, 2.05) is 6.07 Å². The number of nitrogens with one attached hydrogen (secondary N) is 2. The highest BCUT2D eigenvalue weighted by atomic mass is 19.3. The van der Waals surface area contributed by atoms with Crippen molar-refractivity contribution in [3.8, 4) is 6.07 Å². The number of nitriles is 1. The summed E-state index contributed by atoms with van der Waals surface area (Å²) in [5, 5.41) is 15.2. The van der Waals surface area contributed by atoms with Crippen LogP contribution in [0.3, 0.4) is 0 Å². The Labute approximate surface area is 188 Å². The van der Waals surface area contributed by atoms with Crippen LogP contribution in [0.5, 0.6) is 0 Å². The van der Waals surface area contributed by atoms with Gasteiger partial charge in [0.1, 0.15) is 11.4 Å². The van der Waals surface area contributed by atoms with Gasteiger partial charge in [0, 0.05) is 12.7 Å². The summed E-state index contributed by atoms with van der Waals surface area (Å²) in [4.78, 5) is 30.4. The maximum atomic E-state index is 14.1. The van der Waals surface area contributed by atoms with Crippen LogP contribution in [0, 0.1) is 23.1 Å². The van der Waals surface area contributed by atoms with Gasteiger partial charge in [-0.25, -0.2) is 13.2 Å². The molecule has 1 aliphatic heterocycles. The van der Waals surface area contributed by atoms with Gasteiger partial charge < -0.3 is 15.5 Å². The highest BCUT2D eigenvalue weighted by Gasteiger charge is 2.62. The Morgan fingerprint density at radius 2 is 1.94 bits per heavy atom. The van der Waals surface area contributed by atoms with E-state index in [1.165, 1.54) is 30.6 Å². The van der Waals surface area contributed by atoms with Crippen molar-refractivity contribution >= 4 is 17.5 Å². The first-order chi connectivity index (χ1) is 15.7. The molecule has 2 heterocycles. The van der Waals surface area contributed by atoms with Crippen LogP contribution in [-0.4, -0.2) is 46.2 Å². The van der Waals surface area contributed by atoms with Crippen molar-refractivity contribution in [3.63, 3.8) is 0 Å². The summed E-state index contributed by atoms with van der Waals surface area (Å²) in [6.07, 6.45) is 3.42. The molecule has 10 heteroatoms. The number of carbonyl (C=O) groups is 2. The molecule has 1 atom stereocenters. The SMILES string of the molecule is N#CC1(C2CC2)CC(F)(F)CN1C(=O)CNC(=O)c1ccncc1NCc1ccc(F)cc1. The van der Waals surface area contributed by atoms with Crippen molar-refractivity contribution in [2.75, 3.05) is 18.4 Å². The Kier molecular flexibility index (Phi) is 5.97. The number of rotatable bonds is 7. The van der Waals surface area contributed by atoms with Crippen LogP contribution in [0.4, 0.5) is 18.9 Å². The van der Waals surface area contributed by atoms with Gasteiger partial charge in [-0.15, -0.1) is 0 Å². The summed E-state index contributed by atoms with van der Waals surface area (Å²) in [7, 11) is 0. The molecule has 2 amide bonds. The number of nitrogens with zero attached hydrogens (tertiary/aromatic N) is 3. The number of hydrogen-bond donors (Lipinski definition) is 2. The number of benzene rings is 1. The second kappa shape index (κ2) is 8.73. The molecule has 0 radical (unpaired) electrons. The summed E-state index contributed by atoms with van der Waals surface area (Å²) < 4.78 is 41.3. The summed E-state index contributed by atoms with van der Waals surface area (Å²) in [5.41, 5.74) is -0.141. The minimum absolute atomic E-state index is 0.209. The lowest BCUT2D eigenvalue weighted by atomic mass is 9.91. The molecule has 2 N–H and O–H groups in total. The summed E-state index contributed by atoms with van der Waals surface area (Å²) in [6, 6.07) is 9.27. The van der Waals surface area contributed by atoms with Crippen molar-refractivity contribution in [2.24, 2.45) is 5.92 Å². The first kappa shape index (κ1) is 22.6. The first-order valence-electron chi connectivity index (χ1n) is 10.5. The van der Waals surface area contributed by atoms with Crippen LogP contribution in [0.2, 0.25) is 0 Å². The number of alkyl halides is 2. The molecule has 4 rings (SSSR count). The molecular weight excluding hydrogens is 435 g/mol. The lowest BCUT2D eigenvalue weighted by Crippen LogP contribution is -2.51. The Bertz CT molecular complexity index is 1100. The van der Waals surface area contributed by atoms with Gasteiger partial charge in [0.05, 0.1) is 43.0 Å². The number of anilines is 1. The fourth-order valence-corrected chi connectivity index (χ4v) is 4.22. The number of halogens is 3. The zero-order chi connectivity index (χ0) is 23.6. The fourth-order valence-electron chi connectivity index (χ4n) is 4.22. The monoisotopic (exact) mass is 457 g/mol. The Morgan fingerprint density at radius 3 is 2.61 bits per heavy atom. The Hall–Kier alpha value is -3.61. The standard InChI is InChI=1S/C23H22F3N5O2/c24-17-5-1-15(2-6-17)9-29-19-10-28-8-7-18(19)21(33)30-11-20(32)31-14-23(25,26)12-22(31,13-27)16-3-4-16/h1-2,5-8,10,16,29H,3-4,9,11-12,14H2,(H,30,33). The van der Waals surface area contributed by atoms with Crippen molar-refractivity contribution in [3.05, 3.63) is 59.7 Å². The van der Waals surface area contributed by atoms with Crippen LogP contribution in [0.15, 0.2) is 42.7 Å². The molecule has 172 valence electrons. The molecule has 1 unspecified atom stereocenters. The maximum absolute atomic E-state index is 14.1. The molecule has 2 aliphatic rings. The van der Waals surface area contributed by atoms with Crippen molar-refractivity contribution in [1.29, 1.82) is 5.26 Å². The van der Waals surface area contributed by atoms with E-state index in [1.54, 1.807) is 12.1 Å². The van der Waals surface area contributed by atoms with E-state index >= 15 is 0 Å². The van der Waals surface area contributed by atoms with Crippen LogP contribution in [-0.2, 0) is 11.3 Å². The lowest BCUT2D eigenvalue weighted by Gasteiger charge is -2.31. The molecule has 1 saturated heterocycles. The highest BCUT2D eigenvalue weighted by Crippen LogP contribution is 2.52. The van der Waals surface area contributed by atoms with Crippen molar-refractivity contribution < 1.29 is 22.8 Å². The molecule has 0 bridgehead atoms. The Morgan fingerprint density at radius 1 is 1.21 bits per heavy atom. The molecule has 0 spiro atoms. The van der Waals surface area contributed by atoms with Crippen molar-refractivity contribution in [1.82, 2.24) is 15.2 Å². The topological polar surface area (TPSA) is 98.1 Å². The summed E-state index contributed by atoms with van der Waals surface area (Å²) >= 11 is 0. The third kappa shape index (κ3) is 4.77. The molecule has 2 fully saturated rings. The average Bonchev–Trinajstić information content (AvgIpc) is 3.61. The van der Waals surface area contributed by atoms with E-state index < -0.39 is 42.8 Å². The van der Waals surface area contributed by atoms with Crippen LogP contribution in [0.1, 0.15) is 35.2 Å². The van der Waals surface area contributed by atoms with Gasteiger partial charge in [-0.05, 0) is 42.5 Å². The highest BCUT2D eigenvalue weighted by molar-refractivity contribution is 6.01. The predicted octanol–water partition coefficient (Wildman–Crippen LogP) is 3.10. The van der Waals surface area contributed by atoms with Gasteiger partial charge in [-0.1, -0.05) is 12.1 Å². The van der Waals surface area contributed by atoms with Gasteiger partial charge in [0.15, 0.2) is 0 Å². The average molecular weight is 457 g/mol. The normalized spacial score (nSPS) is 21.3. The van der Waals surface area contributed by atoms with E-state index in [-0.39, 0.29) is 17.3 Å². The lowest BCUT2D eigenvalue weighted by molar-refractivity contribution is -0.134. The number of amides is 2. The van der Waals surface area contributed by atoms with E-state index in [0.717, 1.165) is 10.5 Å². The second-order valence-electron chi connectivity index (χ2n) is 8.41.